The topological polar surface area (TPSA) is 72.6 Å². The molecule has 2 N–H and O–H groups in total. The SMILES string of the molecule is Cc1cccc(Oc2ccc(S(=O)(=O)N3CC4CCC(N)C4C3)cc2)c1.Cl. The lowest BCUT2D eigenvalue weighted by Crippen LogP contribution is -2.33. The number of rotatable bonds is 4. The molecule has 1 saturated heterocycles. The number of sulfonamides is 1. The molecule has 27 heavy (non-hydrogen) atoms. The third-order valence-corrected chi connectivity index (χ3v) is 7.41. The molecule has 3 unspecified atom stereocenters. The van der Waals surface area contributed by atoms with Gasteiger partial charge in [0.2, 0.25) is 10.0 Å². The maximum Gasteiger partial charge on any atom is 0.243 e. The van der Waals surface area contributed by atoms with Gasteiger partial charge in [-0.3, -0.25) is 0 Å². The van der Waals surface area contributed by atoms with Gasteiger partial charge in [0.15, 0.2) is 0 Å². The van der Waals surface area contributed by atoms with Crippen LogP contribution in [0.25, 0.3) is 0 Å². The standard InChI is InChI=1S/C20H24N2O3S.ClH/c1-14-3-2-4-17(11-14)25-16-6-8-18(9-7-16)26(23,24)22-12-15-5-10-20(21)19(15)13-22;/h2-4,6-9,11,15,19-20H,5,10,12-13,21H2,1H3;1H. The quantitative estimate of drug-likeness (QED) is 0.839. The van der Waals surface area contributed by atoms with Gasteiger partial charge in [0, 0.05) is 19.1 Å². The Labute approximate surface area is 167 Å². The number of nitrogens with zero attached hydrogens (tertiary/aromatic N) is 1. The van der Waals surface area contributed by atoms with Crippen molar-refractivity contribution in [3.8, 4) is 11.5 Å². The highest BCUT2D eigenvalue weighted by molar-refractivity contribution is 7.89. The first kappa shape index (κ1) is 20.1. The van der Waals surface area contributed by atoms with E-state index in [1.54, 1.807) is 28.6 Å². The monoisotopic (exact) mass is 408 g/mol. The molecular weight excluding hydrogens is 384 g/mol. The van der Waals surface area contributed by atoms with Crippen LogP contribution in [0.15, 0.2) is 53.4 Å². The van der Waals surface area contributed by atoms with Crippen LogP contribution < -0.4 is 10.5 Å². The summed E-state index contributed by atoms with van der Waals surface area (Å²) in [6, 6.07) is 14.5. The summed E-state index contributed by atoms with van der Waals surface area (Å²) in [6.07, 6.45) is 2.04. The lowest BCUT2D eigenvalue weighted by atomic mass is 9.98. The minimum atomic E-state index is -3.48. The van der Waals surface area contributed by atoms with E-state index in [0.29, 0.717) is 35.6 Å². The second kappa shape index (κ2) is 7.80. The molecule has 5 nitrogen and oxygen atoms in total. The van der Waals surface area contributed by atoms with Gasteiger partial charge in [0.1, 0.15) is 11.5 Å². The Hall–Kier alpha value is -1.60. The lowest BCUT2D eigenvalue weighted by molar-refractivity contribution is 0.427. The van der Waals surface area contributed by atoms with E-state index in [-0.39, 0.29) is 18.4 Å². The molecule has 0 bridgehead atoms. The van der Waals surface area contributed by atoms with Crippen molar-refractivity contribution in [1.29, 1.82) is 0 Å². The zero-order valence-electron chi connectivity index (χ0n) is 15.2. The Kier molecular flexibility index (Phi) is 5.82. The molecule has 0 radical (unpaired) electrons. The van der Waals surface area contributed by atoms with E-state index in [9.17, 15) is 8.42 Å². The molecule has 0 spiro atoms. The van der Waals surface area contributed by atoms with Gasteiger partial charge in [0.25, 0.3) is 0 Å². The van der Waals surface area contributed by atoms with Crippen molar-refractivity contribution < 1.29 is 13.2 Å². The van der Waals surface area contributed by atoms with E-state index < -0.39 is 10.0 Å². The van der Waals surface area contributed by atoms with Crippen LogP contribution in [0.1, 0.15) is 18.4 Å². The second-order valence-corrected chi connectivity index (χ2v) is 9.32. The summed E-state index contributed by atoms with van der Waals surface area (Å²) >= 11 is 0. The molecule has 2 aliphatic rings. The van der Waals surface area contributed by atoms with E-state index in [0.717, 1.165) is 24.2 Å². The number of ether oxygens (including phenoxy) is 1. The highest BCUT2D eigenvalue weighted by Crippen LogP contribution is 2.39. The molecular formula is C20H25ClN2O3S. The third kappa shape index (κ3) is 3.99. The fourth-order valence-corrected chi connectivity index (χ4v) is 5.64. The molecule has 0 amide bonds. The molecule has 4 rings (SSSR count). The number of hydrogen-bond donors (Lipinski definition) is 1. The van der Waals surface area contributed by atoms with Crippen LogP contribution in [0, 0.1) is 18.8 Å². The smallest absolute Gasteiger partial charge is 0.243 e. The van der Waals surface area contributed by atoms with Gasteiger partial charge in [-0.25, -0.2) is 8.42 Å². The third-order valence-electron chi connectivity index (χ3n) is 5.57. The van der Waals surface area contributed by atoms with Crippen molar-refractivity contribution in [3.63, 3.8) is 0 Å². The number of benzene rings is 2. The van der Waals surface area contributed by atoms with Gasteiger partial charge in [-0.1, -0.05) is 12.1 Å². The summed E-state index contributed by atoms with van der Waals surface area (Å²) in [5, 5.41) is 0. The van der Waals surface area contributed by atoms with Crippen molar-refractivity contribution in [3.05, 3.63) is 54.1 Å². The predicted octanol–water partition coefficient (Wildman–Crippen LogP) is 3.57. The molecule has 1 aliphatic carbocycles. The van der Waals surface area contributed by atoms with Gasteiger partial charge in [-0.15, -0.1) is 12.4 Å². The Balaban J connectivity index is 0.00000210. The van der Waals surface area contributed by atoms with Crippen molar-refractivity contribution in [2.24, 2.45) is 17.6 Å². The lowest BCUT2D eigenvalue weighted by Gasteiger charge is -2.18. The number of aryl methyl sites for hydroxylation is 1. The summed E-state index contributed by atoms with van der Waals surface area (Å²) in [4.78, 5) is 0.308. The van der Waals surface area contributed by atoms with Crippen LogP contribution in [0.2, 0.25) is 0 Å². The average molecular weight is 409 g/mol. The molecule has 2 fully saturated rings. The van der Waals surface area contributed by atoms with Crippen molar-refractivity contribution in [2.45, 2.75) is 30.7 Å². The van der Waals surface area contributed by atoms with Gasteiger partial charge in [-0.05, 0) is 73.6 Å². The van der Waals surface area contributed by atoms with Crippen molar-refractivity contribution in [2.75, 3.05) is 13.1 Å². The molecule has 1 heterocycles. The van der Waals surface area contributed by atoms with E-state index in [4.69, 9.17) is 10.5 Å². The number of hydrogen-bond acceptors (Lipinski definition) is 4. The maximum atomic E-state index is 12.9. The van der Waals surface area contributed by atoms with Crippen LogP contribution in [0.4, 0.5) is 0 Å². The summed E-state index contributed by atoms with van der Waals surface area (Å²) in [5.41, 5.74) is 7.24. The fourth-order valence-electron chi connectivity index (χ4n) is 4.11. The first-order chi connectivity index (χ1) is 12.4. The minimum Gasteiger partial charge on any atom is -0.457 e. The number of fused-ring (bicyclic) bond motifs is 1. The first-order valence-corrected chi connectivity index (χ1v) is 10.5. The molecule has 7 heteroatoms. The zero-order chi connectivity index (χ0) is 18.3. The summed E-state index contributed by atoms with van der Waals surface area (Å²) in [5.74, 6) is 2.06. The highest BCUT2D eigenvalue weighted by atomic mass is 35.5. The van der Waals surface area contributed by atoms with E-state index in [2.05, 4.69) is 0 Å². The molecule has 1 saturated carbocycles. The van der Waals surface area contributed by atoms with Crippen LogP contribution in [0.5, 0.6) is 11.5 Å². The van der Waals surface area contributed by atoms with Crippen molar-refractivity contribution >= 4 is 22.4 Å². The second-order valence-electron chi connectivity index (χ2n) is 7.38. The van der Waals surface area contributed by atoms with Gasteiger partial charge >= 0.3 is 0 Å². The maximum absolute atomic E-state index is 12.9. The van der Waals surface area contributed by atoms with E-state index in [1.807, 2.05) is 31.2 Å². The molecule has 2 aromatic rings. The van der Waals surface area contributed by atoms with Gasteiger partial charge in [0.05, 0.1) is 4.90 Å². The minimum absolute atomic E-state index is 0. The first-order valence-electron chi connectivity index (χ1n) is 9.04. The number of halogens is 1. The highest BCUT2D eigenvalue weighted by Gasteiger charge is 2.45. The largest absolute Gasteiger partial charge is 0.457 e. The average Bonchev–Trinajstić information content (AvgIpc) is 3.18. The Morgan fingerprint density at radius 3 is 2.44 bits per heavy atom. The van der Waals surface area contributed by atoms with Crippen LogP contribution in [0.3, 0.4) is 0 Å². The number of nitrogens with two attached hydrogens (primary N) is 1. The van der Waals surface area contributed by atoms with Crippen molar-refractivity contribution in [1.82, 2.24) is 4.31 Å². The summed E-state index contributed by atoms with van der Waals surface area (Å²) in [6.45, 7) is 3.12. The van der Waals surface area contributed by atoms with Crippen LogP contribution in [-0.4, -0.2) is 31.9 Å². The zero-order valence-corrected chi connectivity index (χ0v) is 16.9. The van der Waals surface area contributed by atoms with Crippen LogP contribution >= 0.6 is 12.4 Å². The molecule has 2 aromatic carbocycles. The van der Waals surface area contributed by atoms with E-state index in [1.165, 1.54) is 0 Å². The van der Waals surface area contributed by atoms with Gasteiger partial charge < -0.3 is 10.5 Å². The Morgan fingerprint density at radius 2 is 1.78 bits per heavy atom. The van der Waals surface area contributed by atoms with E-state index >= 15 is 0 Å². The predicted molar refractivity (Wildman–Crippen MR) is 108 cm³/mol. The normalized spacial score (nSPS) is 25.0. The summed E-state index contributed by atoms with van der Waals surface area (Å²) in [7, 11) is -3.48. The van der Waals surface area contributed by atoms with Gasteiger partial charge in [-0.2, -0.15) is 4.31 Å². The molecule has 0 aromatic heterocycles. The Bertz CT molecular complexity index is 902. The Morgan fingerprint density at radius 1 is 1.04 bits per heavy atom. The van der Waals surface area contributed by atoms with Crippen LogP contribution in [-0.2, 0) is 10.0 Å². The molecule has 146 valence electrons. The molecule has 1 aliphatic heterocycles. The fraction of sp³-hybridized carbons (Fsp3) is 0.400. The molecule has 3 atom stereocenters. The summed E-state index contributed by atoms with van der Waals surface area (Å²) < 4.78 is 33.3.